The van der Waals surface area contributed by atoms with Crippen LogP contribution in [0.25, 0.3) is 5.69 Å². The molecule has 1 heterocycles. The van der Waals surface area contributed by atoms with Gasteiger partial charge < -0.3 is 11.1 Å². The Labute approximate surface area is 134 Å². The molecule has 1 amide bonds. The summed E-state index contributed by atoms with van der Waals surface area (Å²) in [7, 11) is 0. The molecule has 23 heavy (non-hydrogen) atoms. The number of nitrogens with zero attached hydrogens (tertiary/aromatic N) is 1. The normalized spacial score (nSPS) is 16.4. The van der Waals surface area contributed by atoms with Crippen LogP contribution in [0, 0.1) is 6.92 Å². The first-order chi connectivity index (χ1) is 11.0. The number of H-pyrrole nitrogens is 1. The number of nitrogens with one attached hydrogen (secondary N) is 2. The van der Waals surface area contributed by atoms with E-state index in [1.165, 1.54) is 10.7 Å². The molecular formula is C17H22N4O2. The van der Waals surface area contributed by atoms with Gasteiger partial charge in [0.1, 0.15) is 5.69 Å². The number of benzene rings is 1. The van der Waals surface area contributed by atoms with Crippen LogP contribution in [0.15, 0.2) is 35.1 Å². The molecule has 6 heteroatoms. The molecular weight excluding hydrogens is 292 g/mol. The van der Waals surface area contributed by atoms with E-state index in [9.17, 15) is 9.59 Å². The third-order valence-electron chi connectivity index (χ3n) is 4.59. The zero-order valence-electron chi connectivity index (χ0n) is 13.3. The van der Waals surface area contributed by atoms with Gasteiger partial charge in [0, 0.05) is 12.6 Å². The van der Waals surface area contributed by atoms with Gasteiger partial charge in [0.15, 0.2) is 0 Å². The highest BCUT2D eigenvalue weighted by Crippen LogP contribution is 2.28. The topological polar surface area (TPSA) is 92.9 Å². The maximum absolute atomic E-state index is 12.5. The summed E-state index contributed by atoms with van der Waals surface area (Å²) in [5.74, 6) is -0.277. The number of carbonyl (C=O) groups excluding carboxylic acids is 1. The van der Waals surface area contributed by atoms with Gasteiger partial charge in [-0.25, -0.2) is 4.68 Å². The maximum atomic E-state index is 12.5. The Morgan fingerprint density at radius 2 is 1.96 bits per heavy atom. The molecule has 1 aromatic heterocycles. The lowest BCUT2D eigenvalue weighted by Gasteiger charge is -2.28. The second-order valence-corrected chi connectivity index (χ2v) is 6.32. The first-order valence-corrected chi connectivity index (χ1v) is 7.95. The fourth-order valence-electron chi connectivity index (χ4n) is 3.14. The lowest BCUT2D eigenvalue weighted by atomic mass is 9.97. The first kappa shape index (κ1) is 15.6. The number of hydrogen-bond acceptors (Lipinski definition) is 3. The second-order valence-electron chi connectivity index (χ2n) is 6.32. The van der Waals surface area contributed by atoms with E-state index in [2.05, 4.69) is 10.4 Å². The van der Waals surface area contributed by atoms with Crippen LogP contribution in [0.2, 0.25) is 0 Å². The summed E-state index contributed by atoms with van der Waals surface area (Å²) in [5.41, 5.74) is 7.32. The largest absolute Gasteiger partial charge is 0.344 e. The molecule has 122 valence electrons. The van der Waals surface area contributed by atoms with Crippen molar-refractivity contribution >= 4 is 5.91 Å². The molecule has 0 saturated heterocycles. The molecule has 3 rings (SSSR count). The van der Waals surface area contributed by atoms with Crippen molar-refractivity contribution in [2.75, 3.05) is 6.54 Å². The zero-order valence-corrected chi connectivity index (χ0v) is 13.3. The van der Waals surface area contributed by atoms with Crippen LogP contribution in [-0.4, -0.2) is 27.8 Å². The highest BCUT2D eigenvalue weighted by atomic mass is 16.2. The molecule has 1 saturated carbocycles. The van der Waals surface area contributed by atoms with E-state index in [4.69, 9.17) is 5.73 Å². The quantitative estimate of drug-likeness (QED) is 0.798. The lowest BCUT2D eigenvalue weighted by Crippen LogP contribution is -2.51. The summed E-state index contributed by atoms with van der Waals surface area (Å²) in [5, 5.41) is 5.90. The monoisotopic (exact) mass is 314 g/mol. The Kier molecular flexibility index (Phi) is 4.09. The lowest BCUT2D eigenvalue weighted by molar-refractivity contribution is 0.0897. The van der Waals surface area contributed by atoms with Crippen LogP contribution < -0.4 is 16.6 Å². The molecule has 4 N–H and O–H groups in total. The highest BCUT2D eigenvalue weighted by molar-refractivity contribution is 5.92. The fraction of sp³-hybridized carbons (Fsp3) is 0.412. The van der Waals surface area contributed by atoms with Gasteiger partial charge in [-0.1, -0.05) is 30.5 Å². The average molecular weight is 314 g/mol. The number of hydrogen-bond donors (Lipinski definition) is 3. The molecule has 2 aromatic rings. The van der Waals surface area contributed by atoms with Crippen LogP contribution in [0.4, 0.5) is 0 Å². The fourth-order valence-corrected chi connectivity index (χ4v) is 3.14. The molecule has 1 aromatic carbocycles. The average Bonchev–Trinajstić information content (AvgIpc) is 3.16. The number of rotatable bonds is 4. The van der Waals surface area contributed by atoms with Crippen molar-refractivity contribution in [2.45, 2.75) is 38.1 Å². The molecule has 0 atom stereocenters. The molecule has 1 aliphatic carbocycles. The summed E-state index contributed by atoms with van der Waals surface area (Å²) < 4.78 is 1.37. The third-order valence-corrected chi connectivity index (χ3v) is 4.59. The summed E-state index contributed by atoms with van der Waals surface area (Å²) in [4.78, 5) is 24.6. The van der Waals surface area contributed by atoms with E-state index >= 15 is 0 Å². The van der Waals surface area contributed by atoms with Crippen LogP contribution >= 0.6 is 0 Å². The summed E-state index contributed by atoms with van der Waals surface area (Å²) in [6, 6.07) is 8.85. The third kappa shape index (κ3) is 3.07. The predicted octanol–water partition coefficient (Wildman–Crippen LogP) is 1.48. The molecule has 0 aliphatic heterocycles. The number of aromatic amines is 1. The van der Waals surface area contributed by atoms with Crippen LogP contribution in [-0.2, 0) is 0 Å². The summed E-state index contributed by atoms with van der Waals surface area (Å²) in [6.45, 7) is 2.40. The molecule has 0 bridgehead atoms. The van der Waals surface area contributed by atoms with Crippen molar-refractivity contribution in [3.63, 3.8) is 0 Å². The summed E-state index contributed by atoms with van der Waals surface area (Å²) >= 11 is 0. The minimum Gasteiger partial charge on any atom is -0.344 e. The van der Waals surface area contributed by atoms with Crippen molar-refractivity contribution < 1.29 is 4.79 Å². The van der Waals surface area contributed by atoms with Crippen molar-refractivity contribution in [3.8, 4) is 5.69 Å². The Balaban J connectivity index is 1.84. The molecule has 0 unspecified atom stereocenters. The SMILES string of the molecule is Cc1ccc(-n2[nH]c(C(=O)NC3(CN)CCCC3)cc2=O)cc1. The Bertz CT molecular complexity index is 752. The Hall–Kier alpha value is -2.34. The first-order valence-electron chi connectivity index (χ1n) is 7.95. The standard InChI is InChI=1S/C17H22N4O2/c1-12-4-6-13(7-5-12)21-15(22)10-14(20-21)16(23)19-17(11-18)8-2-3-9-17/h4-7,10,20H,2-3,8-9,11,18H2,1H3,(H,19,23). The molecule has 0 radical (unpaired) electrons. The van der Waals surface area contributed by atoms with Gasteiger partial charge in [-0.15, -0.1) is 0 Å². The van der Waals surface area contributed by atoms with Gasteiger partial charge in [-0.05, 0) is 31.9 Å². The molecule has 6 nitrogen and oxygen atoms in total. The number of aromatic nitrogens is 2. The van der Waals surface area contributed by atoms with E-state index in [0.717, 1.165) is 31.2 Å². The van der Waals surface area contributed by atoms with Crippen LogP contribution in [0.3, 0.4) is 0 Å². The number of aryl methyl sites for hydroxylation is 1. The van der Waals surface area contributed by atoms with Gasteiger partial charge >= 0.3 is 0 Å². The zero-order chi connectivity index (χ0) is 16.4. The van der Waals surface area contributed by atoms with Crippen molar-refractivity contribution in [3.05, 3.63) is 51.9 Å². The Morgan fingerprint density at radius 1 is 1.30 bits per heavy atom. The number of nitrogens with two attached hydrogens (primary N) is 1. The number of carbonyl (C=O) groups is 1. The van der Waals surface area contributed by atoms with Gasteiger partial charge in [0.25, 0.3) is 11.5 Å². The van der Waals surface area contributed by atoms with E-state index in [0.29, 0.717) is 12.2 Å². The predicted molar refractivity (Wildman–Crippen MR) is 88.8 cm³/mol. The van der Waals surface area contributed by atoms with Crippen molar-refractivity contribution in [1.29, 1.82) is 0 Å². The number of amides is 1. The molecule has 0 spiro atoms. The smallest absolute Gasteiger partial charge is 0.271 e. The van der Waals surface area contributed by atoms with E-state index in [1.54, 1.807) is 0 Å². The highest BCUT2D eigenvalue weighted by Gasteiger charge is 2.34. The van der Waals surface area contributed by atoms with E-state index in [1.807, 2.05) is 31.2 Å². The summed E-state index contributed by atoms with van der Waals surface area (Å²) in [6.07, 6.45) is 3.91. The van der Waals surface area contributed by atoms with Crippen molar-refractivity contribution in [1.82, 2.24) is 15.1 Å². The molecule has 1 aliphatic rings. The van der Waals surface area contributed by atoms with E-state index < -0.39 is 0 Å². The minimum absolute atomic E-state index is 0.257. The van der Waals surface area contributed by atoms with Crippen LogP contribution in [0.5, 0.6) is 0 Å². The van der Waals surface area contributed by atoms with Crippen LogP contribution in [0.1, 0.15) is 41.7 Å². The van der Waals surface area contributed by atoms with Gasteiger partial charge in [0.05, 0.1) is 11.2 Å². The van der Waals surface area contributed by atoms with Gasteiger partial charge in [0.2, 0.25) is 0 Å². The maximum Gasteiger partial charge on any atom is 0.271 e. The Morgan fingerprint density at radius 3 is 2.57 bits per heavy atom. The molecule has 1 fully saturated rings. The van der Waals surface area contributed by atoms with Gasteiger partial charge in [-0.2, -0.15) is 0 Å². The van der Waals surface area contributed by atoms with Crippen molar-refractivity contribution in [2.24, 2.45) is 5.73 Å². The second kappa shape index (κ2) is 6.04. The van der Waals surface area contributed by atoms with Gasteiger partial charge in [-0.3, -0.25) is 14.7 Å². The minimum atomic E-state index is -0.333. The van der Waals surface area contributed by atoms with E-state index in [-0.39, 0.29) is 22.7 Å².